The van der Waals surface area contributed by atoms with Crippen molar-refractivity contribution in [1.29, 1.82) is 0 Å². The predicted molar refractivity (Wildman–Crippen MR) is 72.7 cm³/mol. The van der Waals surface area contributed by atoms with Crippen molar-refractivity contribution in [3.05, 3.63) is 0 Å². The van der Waals surface area contributed by atoms with E-state index in [1.54, 1.807) is 13.8 Å². The molecule has 0 rings (SSSR count). The maximum Gasteiger partial charge on any atom is 0.326 e. The van der Waals surface area contributed by atoms with E-state index < -0.39 is 34.5 Å². The molecule has 0 bridgehead atoms. The lowest BCUT2D eigenvalue weighted by atomic mass is 10.3. The van der Waals surface area contributed by atoms with Crippen LogP contribution in [0.3, 0.4) is 0 Å². The van der Waals surface area contributed by atoms with Gasteiger partial charge >= 0.3 is 5.97 Å². The molecule has 0 saturated carbocycles. The first kappa shape index (κ1) is 18.8. The minimum atomic E-state index is -3.62. The predicted octanol–water partition coefficient (Wildman–Crippen LogP) is -0.738. The number of aliphatic carboxylic acids is 1. The average Bonchev–Trinajstić information content (AvgIpc) is 2.33. The molecule has 118 valence electrons. The molecule has 2 N–H and O–H groups in total. The molecule has 0 aromatic carbocycles. The van der Waals surface area contributed by atoms with Crippen LogP contribution in [0.2, 0.25) is 0 Å². The first-order chi connectivity index (χ1) is 9.07. The highest BCUT2D eigenvalue weighted by atomic mass is 32.2. The van der Waals surface area contributed by atoms with Crippen LogP contribution in [0.15, 0.2) is 0 Å². The zero-order valence-electron chi connectivity index (χ0n) is 12.1. The van der Waals surface area contributed by atoms with Crippen molar-refractivity contribution in [2.45, 2.75) is 32.9 Å². The highest BCUT2D eigenvalue weighted by Gasteiger charge is 2.22. The Morgan fingerprint density at radius 2 is 1.85 bits per heavy atom. The van der Waals surface area contributed by atoms with E-state index in [9.17, 15) is 18.0 Å². The molecule has 1 atom stereocenters. The number of rotatable bonds is 9. The minimum absolute atomic E-state index is 0.0303. The molecule has 0 spiro atoms. The van der Waals surface area contributed by atoms with Gasteiger partial charge < -0.3 is 14.7 Å². The lowest BCUT2D eigenvalue weighted by molar-refractivity contribution is -0.147. The Labute approximate surface area is 119 Å². The summed E-state index contributed by atoms with van der Waals surface area (Å²) in [4.78, 5) is 23.3. The fourth-order valence-corrected chi connectivity index (χ4v) is 1.95. The van der Waals surface area contributed by atoms with E-state index in [1.165, 1.54) is 14.0 Å². The Balaban J connectivity index is 4.26. The first-order valence-electron chi connectivity index (χ1n) is 6.14. The number of nitrogens with one attached hydrogen (secondary N) is 1. The average molecular weight is 310 g/mol. The topological polar surface area (TPSA) is 113 Å². The van der Waals surface area contributed by atoms with Crippen LogP contribution in [-0.2, 0) is 24.3 Å². The summed E-state index contributed by atoms with van der Waals surface area (Å²) in [7, 11) is -2.32. The number of carboxylic acids is 1. The van der Waals surface area contributed by atoms with Gasteiger partial charge in [-0.3, -0.25) is 4.79 Å². The van der Waals surface area contributed by atoms with Crippen LogP contribution < -0.4 is 4.72 Å². The van der Waals surface area contributed by atoms with Gasteiger partial charge in [-0.05, 0) is 20.8 Å². The zero-order valence-corrected chi connectivity index (χ0v) is 12.9. The van der Waals surface area contributed by atoms with Crippen LogP contribution in [0.25, 0.3) is 0 Å². The molecule has 0 aliphatic heterocycles. The number of hydrogen-bond donors (Lipinski definition) is 2. The van der Waals surface area contributed by atoms with E-state index in [4.69, 9.17) is 9.84 Å². The number of carbonyl (C=O) groups excluding carboxylic acids is 1. The van der Waals surface area contributed by atoms with E-state index in [1.807, 2.05) is 0 Å². The standard InChI is InChI=1S/C11H22N2O6S/c1-8(2)19-5-6-20(17,18)12-7-10(14)13(4)9(3)11(15)16/h8-9,12H,5-7H2,1-4H3,(H,15,16). The molecule has 8 nitrogen and oxygen atoms in total. The Morgan fingerprint density at radius 3 is 2.30 bits per heavy atom. The van der Waals surface area contributed by atoms with E-state index in [0.717, 1.165) is 4.90 Å². The van der Waals surface area contributed by atoms with Gasteiger partial charge in [0.2, 0.25) is 15.9 Å². The van der Waals surface area contributed by atoms with Gasteiger partial charge in [-0.2, -0.15) is 0 Å². The molecule has 0 radical (unpaired) electrons. The highest BCUT2D eigenvalue weighted by Crippen LogP contribution is 1.97. The SMILES string of the molecule is CC(C)OCCS(=O)(=O)NCC(=O)N(C)C(C)C(=O)O. The van der Waals surface area contributed by atoms with Crippen LogP contribution in [0, 0.1) is 0 Å². The molecule has 0 aliphatic carbocycles. The van der Waals surface area contributed by atoms with Crippen molar-refractivity contribution in [1.82, 2.24) is 9.62 Å². The lowest BCUT2D eigenvalue weighted by Crippen LogP contribution is -2.45. The second-order valence-electron chi connectivity index (χ2n) is 4.58. The van der Waals surface area contributed by atoms with Gasteiger partial charge in [-0.1, -0.05) is 0 Å². The number of ether oxygens (including phenoxy) is 1. The van der Waals surface area contributed by atoms with Crippen molar-refractivity contribution in [2.24, 2.45) is 0 Å². The lowest BCUT2D eigenvalue weighted by Gasteiger charge is -2.21. The van der Waals surface area contributed by atoms with Crippen molar-refractivity contribution >= 4 is 21.9 Å². The monoisotopic (exact) mass is 310 g/mol. The van der Waals surface area contributed by atoms with Crippen molar-refractivity contribution in [3.8, 4) is 0 Å². The first-order valence-corrected chi connectivity index (χ1v) is 7.79. The largest absolute Gasteiger partial charge is 0.480 e. The summed E-state index contributed by atoms with van der Waals surface area (Å²) in [6.07, 6.45) is -0.0746. The summed E-state index contributed by atoms with van der Waals surface area (Å²) in [6, 6.07) is -1.02. The van der Waals surface area contributed by atoms with Crippen molar-refractivity contribution < 1.29 is 27.9 Å². The molecule has 20 heavy (non-hydrogen) atoms. The number of amides is 1. The summed E-state index contributed by atoms with van der Waals surface area (Å²) in [5, 5.41) is 8.75. The van der Waals surface area contributed by atoms with Gasteiger partial charge in [-0.25, -0.2) is 17.9 Å². The molecular formula is C11H22N2O6S. The fraction of sp³-hybridized carbons (Fsp3) is 0.818. The Hall–Kier alpha value is -1.19. The third-order valence-corrected chi connectivity index (χ3v) is 3.87. The summed E-state index contributed by atoms with van der Waals surface area (Å²) < 4.78 is 30.4. The fourth-order valence-electron chi connectivity index (χ4n) is 1.14. The van der Waals surface area contributed by atoms with Crippen LogP contribution >= 0.6 is 0 Å². The summed E-state index contributed by atoms with van der Waals surface area (Å²) in [5.74, 6) is -2.03. The zero-order chi connectivity index (χ0) is 15.9. The van der Waals surface area contributed by atoms with Gasteiger partial charge in [0.25, 0.3) is 0 Å². The summed E-state index contributed by atoms with van der Waals surface area (Å²) in [6.45, 7) is 4.46. The quantitative estimate of drug-likeness (QED) is 0.580. The van der Waals surface area contributed by atoms with E-state index in [2.05, 4.69) is 4.72 Å². The van der Waals surface area contributed by atoms with Crippen LogP contribution in [0.5, 0.6) is 0 Å². The second kappa shape index (κ2) is 8.18. The molecule has 0 aromatic rings. The smallest absolute Gasteiger partial charge is 0.326 e. The summed E-state index contributed by atoms with van der Waals surface area (Å²) >= 11 is 0. The number of carboxylic acid groups (broad SMARTS) is 1. The highest BCUT2D eigenvalue weighted by molar-refractivity contribution is 7.89. The van der Waals surface area contributed by atoms with Gasteiger partial charge in [-0.15, -0.1) is 0 Å². The molecule has 0 saturated heterocycles. The van der Waals surface area contributed by atoms with Crippen LogP contribution in [0.4, 0.5) is 0 Å². The third kappa shape index (κ3) is 7.41. The molecule has 1 unspecified atom stereocenters. The van der Waals surface area contributed by atoms with Gasteiger partial charge in [0, 0.05) is 7.05 Å². The van der Waals surface area contributed by atoms with Gasteiger partial charge in [0.1, 0.15) is 6.04 Å². The number of hydrogen-bond acceptors (Lipinski definition) is 5. The van der Waals surface area contributed by atoms with Crippen molar-refractivity contribution in [3.63, 3.8) is 0 Å². The van der Waals surface area contributed by atoms with Crippen LogP contribution in [-0.4, -0.2) is 68.4 Å². The number of likely N-dealkylation sites (N-methyl/N-ethyl adjacent to an activating group) is 1. The molecule has 0 fully saturated rings. The van der Waals surface area contributed by atoms with Crippen LogP contribution in [0.1, 0.15) is 20.8 Å². The van der Waals surface area contributed by atoms with E-state index >= 15 is 0 Å². The molecule has 0 aliphatic rings. The van der Waals surface area contributed by atoms with Gasteiger partial charge in [0.15, 0.2) is 0 Å². The Kier molecular flexibility index (Phi) is 7.69. The van der Waals surface area contributed by atoms with Crippen molar-refractivity contribution in [2.75, 3.05) is 26.0 Å². The van der Waals surface area contributed by atoms with Gasteiger partial charge in [0.05, 0.1) is 25.0 Å². The Morgan fingerprint density at radius 1 is 1.30 bits per heavy atom. The number of carbonyl (C=O) groups is 2. The van der Waals surface area contributed by atoms with E-state index in [0.29, 0.717) is 0 Å². The number of nitrogens with zero attached hydrogens (tertiary/aromatic N) is 1. The Bertz CT molecular complexity index is 434. The molecule has 0 aromatic heterocycles. The second-order valence-corrected chi connectivity index (χ2v) is 6.50. The summed E-state index contributed by atoms with van der Waals surface area (Å²) in [5.41, 5.74) is 0. The molecule has 0 heterocycles. The number of sulfonamides is 1. The molecular weight excluding hydrogens is 288 g/mol. The van der Waals surface area contributed by atoms with E-state index in [-0.39, 0.29) is 18.5 Å². The molecule has 9 heteroatoms. The minimum Gasteiger partial charge on any atom is -0.480 e. The molecule has 1 amide bonds. The third-order valence-electron chi connectivity index (χ3n) is 2.58. The maximum atomic E-state index is 11.6. The normalized spacial score (nSPS) is 13.2. The maximum absolute atomic E-state index is 11.6.